The number of thioether (sulfide) groups is 1. The van der Waals surface area contributed by atoms with Gasteiger partial charge in [0, 0.05) is 12.7 Å². The first-order chi connectivity index (χ1) is 16.4. The van der Waals surface area contributed by atoms with Crippen molar-refractivity contribution in [1.29, 1.82) is 0 Å². The molecule has 0 bridgehead atoms. The molecular formula is C24H28N4O5S. The zero-order valence-corrected chi connectivity index (χ0v) is 20.5. The van der Waals surface area contributed by atoms with E-state index >= 15 is 0 Å². The first-order valence-electron chi connectivity index (χ1n) is 10.9. The van der Waals surface area contributed by atoms with Crippen LogP contribution < -0.4 is 14.8 Å². The lowest BCUT2D eigenvalue weighted by Gasteiger charge is -2.12. The molecule has 3 aromatic rings. The quantitative estimate of drug-likeness (QED) is 0.322. The third-order valence-electron chi connectivity index (χ3n) is 4.69. The lowest BCUT2D eigenvalue weighted by Crippen LogP contribution is -2.15. The number of aromatic nitrogens is 3. The Kier molecular flexibility index (Phi) is 8.92. The Morgan fingerprint density at radius 1 is 1.00 bits per heavy atom. The summed E-state index contributed by atoms with van der Waals surface area (Å²) in [6.07, 6.45) is 0. The number of carbonyl (C=O) groups excluding carboxylic acids is 2. The van der Waals surface area contributed by atoms with Gasteiger partial charge in [-0.3, -0.25) is 4.79 Å². The minimum atomic E-state index is -0.394. The fourth-order valence-electron chi connectivity index (χ4n) is 2.97. The third-order valence-corrected chi connectivity index (χ3v) is 5.71. The highest BCUT2D eigenvalue weighted by Crippen LogP contribution is 2.29. The maximum absolute atomic E-state index is 12.3. The van der Waals surface area contributed by atoms with Gasteiger partial charge in [0.1, 0.15) is 6.61 Å². The summed E-state index contributed by atoms with van der Waals surface area (Å²) in [6, 6.07) is 12.3. The van der Waals surface area contributed by atoms with E-state index in [9.17, 15) is 9.59 Å². The fourth-order valence-corrected chi connectivity index (χ4v) is 3.70. The second-order valence-corrected chi connectivity index (χ2v) is 8.21. The van der Waals surface area contributed by atoms with Gasteiger partial charge >= 0.3 is 5.97 Å². The van der Waals surface area contributed by atoms with E-state index < -0.39 is 5.97 Å². The molecule has 3 rings (SSSR count). The summed E-state index contributed by atoms with van der Waals surface area (Å²) in [4.78, 5) is 24.1. The molecule has 0 unspecified atom stereocenters. The van der Waals surface area contributed by atoms with Gasteiger partial charge in [0.25, 0.3) is 0 Å². The van der Waals surface area contributed by atoms with Gasteiger partial charge in [-0.2, -0.15) is 0 Å². The zero-order chi connectivity index (χ0) is 24.5. The Morgan fingerprint density at radius 3 is 2.47 bits per heavy atom. The van der Waals surface area contributed by atoms with E-state index in [1.165, 1.54) is 11.8 Å². The van der Waals surface area contributed by atoms with Gasteiger partial charge in [0.05, 0.1) is 24.5 Å². The topological polar surface area (TPSA) is 105 Å². The van der Waals surface area contributed by atoms with Crippen LogP contribution in [-0.4, -0.2) is 45.6 Å². The predicted octanol–water partition coefficient (Wildman–Crippen LogP) is 4.01. The lowest BCUT2D eigenvalue weighted by molar-refractivity contribution is -0.113. The van der Waals surface area contributed by atoms with Crippen LogP contribution in [-0.2, 0) is 23.2 Å². The Hall–Kier alpha value is -3.53. The van der Waals surface area contributed by atoms with Crippen molar-refractivity contribution in [3.8, 4) is 11.5 Å². The van der Waals surface area contributed by atoms with Gasteiger partial charge in [-0.05, 0) is 62.7 Å². The van der Waals surface area contributed by atoms with E-state index in [-0.39, 0.29) is 18.3 Å². The Balaban J connectivity index is 1.52. The standard InChI is InChI=1S/C24H28N4O5S/c1-5-31-20-13-16(3)7-12-19(20)33-14-21-26-27-24(28(21)4)34-15-22(29)25-18-10-8-17(9-11-18)23(30)32-6-2/h7-13H,5-6,14-15H2,1-4H3,(H,25,29). The summed E-state index contributed by atoms with van der Waals surface area (Å²) >= 11 is 1.27. The molecule has 1 heterocycles. The molecule has 2 aromatic carbocycles. The van der Waals surface area contributed by atoms with E-state index in [0.29, 0.717) is 46.9 Å². The van der Waals surface area contributed by atoms with Crippen LogP contribution in [0.2, 0.25) is 0 Å². The maximum atomic E-state index is 12.3. The first kappa shape index (κ1) is 25.1. The normalized spacial score (nSPS) is 10.6. The molecular weight excluding hydrogens is 456 g/mol. The molecule has 0 saturated heterocycles. The number of nitrogens with zero attached hydrogens (tertiary/aromatic N) is 3. The number of anilines is 1. The lowest BCUT2D eigenvalue weighted by atomic mass is 10.2. The molecule has 0 atom stereocenters. The number of hydrogen-bond donors (Lipinski definition) is 1. The van der Waals surface area contributed by atoms with Crippen LogP contribution in [0.1, 0.15) is 35.6 Å². The van der Waals surface area contributed by atoms with E-state index in [1.807, 2.05) is 39.1 Å². The van der Waals surface area contributed by atoms with Crippen LogP contribution in [0.15, 0.2) is 47.6 Å². The highest BCUT2D eigenvalue weighted by Gasteiger charge is 2.14. The van der Waals surface area contributed by atoms with Gasteiger partial charge < -0.3 is 24.1 Å². The number of ether oxygens (including phenoxy) is 3. The zero-order valence-electron chi connectivity index (χ0n) is 19.7. The van der Waals surface area contributed by atoms with E-state index in [4.69, 9.17) is 14.2 Å². The third kappa shape index (κ3) is 6.74. The van der Waals surface area contributed by atoms with Crippen LogP contribution in [0, 0.1) is 6.92 Å². The summed E-state index contributed by atoms with van der Waals surface area (Å²) in [7, 11) is 1.83. The summed E-state index contributed by atoms with van der Waals surface area (Å²) in [6.45, 7) is 6.73. The Labute approximate surface area is 202 Å². The molecule has 0 aliphatic carbocycles. The number of nitrogens with one attached hydrogen (secondary N) is 1. The number of amides is 1. The largest absolute Gasteiger partial charge is 0.490 e. The summed E-state index contributed by atoms with van der Waals surface area (Å²) < 4.78 is 18.3. The first-order valence-corrected chi connectivity index (χ1v) is 11.8. The minimum absolute atomic E-state index is 0.152. The molecule has 0 saturated carbocycles. The van der Waals surface area contributed by atoms with Crippen molar-refractivity contribution >= 4 is 29.3 Å². The van der Waals surface area contributed by atoms with Crippen LogP contribution in [0.4, 0.5) is 5.69 Å². The monoisotopic (exact) mass is 484 g/mol. The van der Waals surface area contributed by atoms with Gasteiger partial charge in [0.15, 0.2) is 22.5 Å². The molecule has 0 spiro atoms. The van der Waals surface area contributed by atoms with Crippen molar-refractivity contribution in [2.75, 3.05) is 24.3 Å². The fraction of sp³-hybridized carbons (Fsp3) is 0.333. The van der Waals surface area contributed by atoms with Crippen LogP contribution in [0.3, 0.4) is 0 Å². The number of benzene rings is 2. The van der Waals surface area contributed by atoms with Gasteiger partial charge in [-0.1, -0.05) is 17.8 Å². The smallest absolute Gasteiger partial charge is 0.338 e. The SMILES string of the molecule is CCOC(=O)c1ccc(NC(=O)CSc2nnc(COc3ccc(C)cc3OCC)n2C)cc1. The van der Waals surface area contributed by atoms with Gasteiger partial charge in [-0.15, -0.1) is 10.2 Å². The highest BCUT2D eigenvalue weighted by molar-refractivity contribution is 7.99. The van der Waals surface area contributed by atoms with Crippen LogP contribution >= 0.6 is 11.8 Å². The molecule has 9 nitrogen and oxygen atoms in total. The van der Waals surface area contributed by atoms with Crippen molar-refractivity contribution < 1.29 is 23.8 Å². The van der Waals surface area contributed by atoms with Crippen molar-refractivity contribution in [2.45, 2.75) is 32.5 Å². The molecule has 0 aliphatic rings. The number of carbonyl (C=O) groups is 2. The molecule has 0 radical (unpaired) electrons. The minimum Gasteiger partial charge on any atom is -0.490 e. The van der Waals surface area contributed by atoms with Crippen molar-refractivity contribution in [3.63, 3.8) is 0 Å². The Morgan fingerprint density at radius 2 is 1.76 bits per heavy atom. The Bertz CT molecular complexity index is 1130. The van der Waals surface area contributed by atoms with E-state index in [0.717, 1.165) is 5.56 Å². The van der Waals surface area contributed by atoms with Crippen LogP contribution in [0.25, 0.3) is 0 Å². The molecule has 1 aromatic heterocycles. The van der Waals surface area contributed by atoms with Gasteiger partial charge in [-0.25, -0.2) is 4.79 Å². The van der Waals surface area contributed by atoms with Crippen LogP contribution in [0.5, 0.6) is 11.5 Å². The average molecular weight is 485 g/mol. The van der Waals surface area contributed by atoms with E-state index in [2.05, 4.69) is 15.5 Å². The van der Waals surface area contributed by atoms with Gasteiger partial charge in [0.2, 0.25) is 5.91 Å². The second kappa shape index (κ2) is 12.1. The number of esters is 1. The molecule has 0 fully saturated rings. The number of rotatable bonds is 11. The molecule has 1 amide bonds. The van der Waals surface area contributed by atoms with Crippen molar-refractivity contribution in [2.24, 2.45) is 7.05 Å². The highest BCUT2D eigenvalue weighted by atomic mass is 32.2. The summed E-state index contributed by atoms with van der Waals surface area (Å²) in [5.41, 5.74) is 2.11. The molecule has 180 valence electrons. The summed E-state index contributed by atoms with van der Waals surface area (Å²) in [5.74, 6) is 1.51. The molecule has 34 heavy (non-hydrogen) atoms. The predicted molar refractivity (Wildman–Crippen MR) is 129 cm³/mol. The van der Waals surface area contributed by atoms with Crippen molar-refractivity contribution in [1.82, 2.24) is 14.8 Å². The molecule has 1 N–H and O–H groups in total. The average Bonchev–Trinajstić information content (AvgIpc) is 3.17. The molecule has 10 heteroatoms. The maximum Gasteiger partial charge on any atom is 0.338 e. The van der Waals surface area contributed by atoms with E-state index in [1.54, 1.807) is 35.8 Å². The second-order valence-electron chi connectivity index (χ2n) is 7.26. The molecule has 0 aliphatic heterocycles. The van der Waals surface area contributed by atoms with Crippen molar-refractivity contribution in [3.05, 3.63) is 59.4 Å². The number of aryl methyl sites for hydroxylation is 1. The summed E-state index contributed by atoms with van der Waals surface area (Å²) in [5, 5.41) is 11.7. The number of hydrogen-bond acceptors (Lipinski definition) is 8.